The van der Waals surface area contributed by atoms with Gasteiger partial charge in [-0.05, 0) is 17.7 Å². The Balaban J connectivity index is 1.80. The Morgan fingerprint density at radius 2 is 1.84 bits per heavy atom. The molecule has 0 bridgehead atoms. The van der Waals surface area contributed by atoms with Gasteiger partial charge >= 0.3 is 0 Å². The van der Waals surface area contributed by atoms with Crippen molar-refractivity contribution in [2.45, 2.75) is 32.7 Å². The van der Waals surface area contributed by atoms with E-state index in [4.69, 9.17) is 9.72 Å². The highest BCUT2D eigenvalue weighted by Crippen LogP contribution is 2.25. The predicted molar refractivity (Wildman–Crippen MR) is 102 cm³/mol. The minimum absolute atomic E-state index is 0.0530. The van der Waals surface area contributed by atoms with Gasteiger partial charge in [-0.3, -0.25) is 0 Å². The first-order valence-electron chi connectivity index (χ1n) is 8.90. The molecular formula is C20H28N4O. The number of benzene rings is 1. The molecule has 0 atom stereocenters. The van der Waals surface area contributed by atoms with Crippen molar-refractivity contribution in [2.24, 2.45) is 0 Å². The van der Waals surface area contributed by atoms with Crippen molar-refractivity contribution < 1.29 is 4.74 Å². The first-order valence-corrected chi connectivity index (χ1v) is 8.90. The number of ether oxygens (including phenoxy) is 1. The molecule has 2 aromatic rings. The maximum atomic E-state index is 5.49. The summed E-state index contributed by atoms with van der Waals surface area (Å²) < 4.78 is 5.49. The Morgan fingerprint density at radius 1 is 1.12 bits per heavy atom. The molecule has 5 heteroatoms. The van der Waals surface area contributed by atoms with E-state index >= 15 is 0 Å². The fourth-order valence-electron chi connectivity index (χ4n) is 3.02. The highest BCUT2D eigenvalue weighted by Gasteiger charge is 2.19. The lowest BCUT2D eigenvalue weighted by Gasteiger charge is -2.31. The van der Waals surface area contributed by atoms with Gasteiger partial charge in [0.1, 0.15) is 11.6 Å². The van der Waals surface area contributed by atoms with E-state index in [-0.39, 0.29) is 5.41 Å². The zero-order chi connectivity index (χ0) is 17.9. The molecule has 0 unspecified atom stereocenters. The molecule has 25 heavy (non-hydrogen) atoms. The van der Waals surface area contributed by atoms with Crippen molar-refractivity contribution in [3.8, 4) is 0 Å². The summed E-state index contributed by atoms with van der Waals surface area (Å²) in [5.41, 5.74) is 2.55. The van der Waals surface area contributed by atoms with Crippen LogP contribution in [0, 0.1) is 0 Å². The van der Waals surface area contributed by atoms with Gasteiger partial charge in [-0.15, -0.1) is 0 Å². The lowest BCUT2D eigenvalue weighted by molar-refractivity contribution is 0.122. The van der Waals surface area contributed by atoms with E-state index in [1.807, 2.05) is 12.3 Å². The third-order valence-electron chi connectivity index (χ3n) is 4.45. The highest BCUT2D eigenvalue weighted by atomic mass is 16.5. The average molecular weight is 340 g/mol. The van der Waals surface area contributed by atoms with Crippen molar-refractivity contribution in [1.82, 2.24) is 9.97 Å². The topological polar surface area (TPSA) is 41.5 Å². The molecule has 0 amide bonds. The largest absolute Gasteiger partial charge is 0.378 e. The van der Waals surface area contributed by atoms with Gasteiger partial charge in [0.15, 0.2) is 0 Å². The number of aromatic nitrogens is 2. The number of rotatable bonds is 4. The maximum absolute atomic E-state index is 5.49. The van der Waals surface area contributed by atoms with Crippen molar-refractivity contribution in [2.75, 3.05) is 43.2 Å². The first kappa shape index (κ1) is 17.7. The van der Waals surface area contributed by atoms with Gasteiger partial charge in [0, 0.05) is 44.0 Å². The summed E-state index contributed by atoms with van der Waals surface area (Å²) in [5.74, 6) is 1.83. The Morgan fingerprint density at radius 3 is 2.56 bits per heavy atom. The van der Waals surface area contributed by atoms with Crippen LogP contribution in [0.1, 0.15) is 32.2 Å². The Labute approximate surface area is 150 Å². The molecule has 1 aromatic heterocycles. The summed E-state index contributed by atoms with van der Waals surface area (Å²) in [6.45, 7) is 10.7. The van der Waals surface area contributed by atoms with Crippen LogP contribution < -0.4 is 9.80 Å². The molecule has 0 aliphatic carbocycles. The molecule has 1 aromatic carbocycles. The summed E-state index contributed by atoms with van der Waals surface area (Å²) in [4.78, 5) is 13.8. The van der Waals surface area contributed by atoms with E-state index in [0.29, 0.717) is 0 Å². The van der Waals surface area contributed by atoms with Crippen LogP contribution in [0.25, 0.3) is 0 Å². The van der Waals surface area contributed by atoms with E-state index in [1.165, 1.54) is 11.3 Å². The van der Waals surface area contributed by atoms with Crippen LogP contribution in [-0.2, 0) is 16.7 Å². The van der Waals surface area contributed by atoms with Crippen molar-refractivity contribution in [3.05, 3.63) is 47.9 Å². The Kier molecular flexibility index (Phi) is 5.23. The van der Waals surface area contributed by atoms with E-state index in [2.05, 4.69) is 66.9 Å². The number of anilines is 2. The van der Waals surface area contributed by atoms with Gasteiger partial charge in [-0.1, -0.05) is 39.0 Å². The van der Waals surface area contributed by atoms with E-state index in [1.54, 1.807) is 0 Å². The fraction of sp³-hybridized carbons (Fsp3) is 0.500. The number of nitrogens with zero attached hydrogens (tertiary/aromatic N) is 4. The van der Waals surface area contributed by atoms with Gasteiger partial charge in [0.25, 0.3) is 0 Å². The van der Waals surface area contributed by atoms with E-state index < -0.39 is 0 Å². The van der Waals surface area contributed by atoms with Crippen LogP contribution in [-0.4, -0.2) is 43.3 Å². The SMILES string of the molecule is CN(Cc1ccccc1N1CCOCC1)c1ccnc(C(C)(C)C)n1. The fourth-order valence-corrected chi connectivity index (χ4v) is 3.02. The first-order chi connectivity index (χ1) is 11.9. The van der Waals surface area contributed by atoms with Crippen LogP contribution in [0.5, 0.6) is 0 Å². The van der Waals surface area contributed by atoms with Gasteiger partial charge < -0.3 is 14.5 Å². The third kappa shape index (κ3) is 4.28. The molecule has 2 heterocycles. The summed E-state index contributed by atoms with van der Waals surface area (Å²) >= 11 is 0. The summed E-state index contributed by atoms with van der Waals surface area (Å²) in [6.07, 6.45) is 1.85. The maximum Gasteiger partial charge on any atom is 0.135 e. The molecule has 134 valence electrons. The van der Waals surface area contributed by atoms with Gasteiger partial charge in [-0.2, -0.15) is 0 Å². The molecule has 0 N–H and O–H groups in total. The summed E-state index contributed by atoms with van der Waals surface area (Å²) in [7, 11) is 2.09. The van der Waals surface area contributed by atoms with Crippen molar-refractivity contribution in [1.29, 1.82) is 0 Å². The Bertz CT molecular complexity index is 705. The standard InChI is InChI=1S/C20H28N4O/c1-20(2,3)19-21-10-9-18(22-19)23(4)15-16-7-5-6-8-17(16)24-11-13-25-14-12-24/h5-10H,11-15H2,1-4H3. The number of morpholine rings is 1. The molecule has 0 spiro atoms. The predicted octanol–water partition coefficient (Wildman–Crippen LogP) is 3.25. The minimum Gasteiger partial charge on any atom is -0.378 e. The van der Waals surface area contributed by atoms with Crippen LogP contribution in [0.2, 0.25) is 0 Å². The molecule has 1 aliphatic rings. The van der Waals surface area contributed by atoms with Gasteiger partial charge in [0.05, 0.1) is 13.2 Å². The van der Waals surface area contributed by atoms with Crippen LogP contribution in [0.15, 0.2) is 36.5 Å². The third-order valence-corrected chi connectivity index (χ3v) is 4.45. The molecule has 1 saturated heterocycles. The smallest absolute Gasteiger partial charge is 0.135 e. The summed E-state index contributed by atoms with van der Waals surface area (Å²) in [5, 5.41) is 0. The second-order valence-electron chi connectivity index (χ2n) is 7.57. The molecule has 1 fully saturated rings. The highest BCUT2D eigenvalue weighted by molar-refractivity contribution is 5.55. The van der Waals surface area contributed by atoms with E-state index in [0.717, 1.165) is 44.5 Å². The normalized spacial score (nSPS) is 15.3. The van der Waals surface area contributed by atoms with Crippen LogP contribution in [0.4, 0.5) is 11.5 Å². The zero-order valence-corrected chi connectivity index (χ0v) is 15.7. The molecule has 0 saturated carbocycles. The van der Waals surface area contributed by atoms with Gasteiger partial charge in [0.2, 0.25) is 0 Å². The number of hydrogen-bond donors (Lipinski definition) is 0. The van der Waals surface area contributed by atoms with Crippen LogP contribution in [0.3, 0.4) is 0 Å². The molecule has 5 nitrogen and oxygen atoms in total. The molecule has 1 aliphatic heterocycles. The van der Waals surface area contributed by atoms with Crippen LogP contribution >= 0.6 is 0 Å². The quantitative estimate of drug-likeness (QED) is 0.855. The Hall–Kier alpha value is -2.14. The average Bonchev–Trinajstić information content (AvgIpc) is 2.62. The van der Waals surface area contributed by atoms with Crippen molar-refractivity contribution in [3.63, 3.8) is 0 Å². The molecular weight excluding hydrogens is 312 g/mol. The van der Waals surface area contributed by atoms with Crippen molar-refractivity contribution >= 4 is 11.5 Å². The number of hydrogen-bond acceptors (Lipinski definition) is 5. The second-order valence-corrected chi connectivity index (χ2v) is 7.57. The monoisotopic (exact) mass is 340 g/mol. The number of para-hydroxylation sites is 1. The van der Waals surface area contributed by atoms with E-state index in [9.17, 15) is 0 Å². The minimum atomic E-state index is -0.0530. The summed E-state index contributed by atoms with van der Waals surface area (Å²) in [6, 6.07) is 10.6. The zero-order valence-electron chi connectivity index (χ0n) is 15.7. The molecule has 3 rings (SSSR count). The second kappa shape index (κ2) is 7.40. The van der Waals surface area contributed by atoms with Gasteiger partial charge in [-0.25, -0.2) is 9.97 Å². The lowest BCUT2D eigenvalue weighted by atomic mass is 9.96. The molecule has 0 radical (unpaired) electrons. The lowest BCUT2D eigenvalue weighted by Crippen LogP contribution is -2.37.